The summed E-state index contributed by atoms with van der Waals surface area (Å²) in [7, 11) is 0. The summed E-state index contributed by atoms with van der Waals surface area (Å²) >= 11 is 0. The highest BCUT2D eigenvalue weighted by Crippen LogP contribution is 2.34. The molecular formula is C23H27FN2O2. The molecule has 0 radical (unpaired) electrons. The molecule has 1 aliphatic rings. The molecule has 0 bridgehead atoms. The predicted octanol–water partition coefficient (Wildman–Crippen LogP) is 4.35. The third-order valence-corrected chi connectivity index (χ3v) is 5.30. The van der Waals surface area contributed by atoms with Crippen molar-refractivity contribution in [2.75, 3.05) is 26.4 Å². The summed E-state index contributed by atoms with van der Waals surface area (Å²) in [5.41, 5.74) is 2.29. The second kappa shape index (κ2) is 10.2. The maximum absolute atomic E-state index is 13.4. The zero-order valence-electron chi connectivity index (χ0n) is 16.1. The first kappa shape index (κ1) is 20.3. The summed E-state index contributed by atoms with van der Waals surface area (Å²) in [6, 6.07) is 17.0. The SMILES string of the molecule is N#CCCCOc1cccc(CNCC2(c3ccc(F)cc3)CCOCC2)c1. The standard InChI is InChI=1S/C23H27FN2O2/c24-21-8-6-20(7-9-21)23(10-14-27-15-11-23)18-26-17-19-4-3-5-22(16-19)28-13-2-1-12-25/h3-9,16,26H,1-2,10-11,13-15,17-18H2. The molecule has 1 N–H and O–H groups in total. The number of hydrogen-bond donors (Lipinski definition) is 1. The number of nitrogens with one attached hydrogen (secondary N) is 1. The van der Waals surface area contributed by atoms with E-state index in [1.807, 2.05) is 30.3 Å². The zero-order chi connectivity index (χ0) is 19.7. The molecule has 0 saturated carbocycles. The van der Waals surface area contributed by atoms with Crippen LogP contribution in [-0.2, 0) is 16.7 Å². The number of hydrogen-bond acceptors (Lipinski definition) is 4. The zero-order valence-corrected chi connectivity index (χ0v) is 16.1. The Labute approximate surface area is 166 Å². The normalized spacial score (nSPS) is 15.7. The maximum atomic E-state index is 13.4. The van der Waals surface area contributed by atoms with E-state index in [2.05, 4.69) is 17.5 Å². The number of nitriles is 1. The lowest BCUT2D eigenvalue weighted by Gasteiger charge is -2.38. The van der Waals surface area contributed by atoms with Crippen molar-refractivity contribution in [2.45, 2.75) is 37.6 Å². The van der Waals surface area contributed by atoms with Gasteiger partial charge in [-0.1, -0.05) is 24.3 Å². The van der Waals surface area contributed by atoms with Crippen LogP contribution in [0.25, 0.3) is 0 Å². The molecule has 0 unspecified atom stereocenters. The summed E-state index contributed by atoms with van der Waals surface area (Å²) in [6.07, 6.45) is 3.10. The second-order valence-corrected chi connectivity index (χ2v) is 7.26. The minimum absolute atomic E-state index is 0.0304. The van der Waals surface area contributed by atoms with Crippen molar-refractivity contribution in [3.63, 3.8) is 0 Å². The van der Waals surface area contributed by atoms with Crippen LogP contribution in [0.2, 0.25) is 0 Å². The van der Waals surface area contributed by atoms with Crippen molar-refractivity contribution in [3.05, 3.63) is 65.5 Å². The molecule has 0 spiro atoms. The van der Waals surface area contributed by atoms with Crippen molar-refractivity contribution in [1.29, 1.82) is 5.26 Å². The quantitative estimate of drug-likeness (QED) is 0.655. The average Bonchev–Trinajstić information content (AvgIpc) is 2.73. The molecule has 1 aliphatic heterocycles. The number of nitrogens with zero attached hydrogens (tertiary/aromatic N) is 1. The minimum atomic E-state index is -0.203. The monoisotopic (exact) mass is 382 g/mol. The number of ether oxygens (including phenoxy) is 2. The predicted molar refractivity (Wildman–Crippen MR) is 107 cm³/mol. The van der Waals surface area contributed by atoms with E-state index in [9.17, 15) is 4.39 Å². The molecule has 0 amide bonds. The number of rotatable bonds is 9. The van der Waals surface area contributed by atoms with Gasteiger partial charge in [0.15, 0.2) is 0 Å². The van der Waals surface area contributed by atoms with Crippen LogP contribution >= 0.6 is 0 Å². The Hall–Kier alpha value is -2.42. The minimum Gasteiger partial charge on any atom is -0.494 e. The fraction of sp³-hybridized carbons (Fsp3) is 0.435. The molecule has 148 valence electrons. The van der Waals surface area contributed by atoms with Gasteiger partial charge in [-0.3, -0.25) is 0 Å². The molecule has 2 aromatic rings. The number of benzene rings is 2. The highest BCUT2D eigenvalue weighted by molar-refractivity contribution is 5.29. The van der Waals surface area contributed by atoms with Crippen molar-refractivity contribution in [2.24, 2.45) is 0 Å². The Balaban J connectivity index is 1.58. The fourth-order valence-corrected chi connectivity index (χ4v) is 3.67. The van der Waals surface area contributed by atoms with Crippen LogP contribution in [0.15, 0.2) is 48.5 Å². The topological polar surface area (TPSA) is 54.3 Å². The lowest BCUT2D eigenvalue weighted by molar-refractivity contribution is 0.0497. The van der Waals surface area contributed by atoms with Crippen LogP contribution < -0.4 is 10.1 Å². The molecule has 0 aromatic heterocycles. The largest absolute Gasteiger partial charge is 0.494 e. The van der Waals surface area contributed by atoms with Crippen molar-refractivity contribution in [1.82, 2.24) is 5.32 Å². The highest BCUT2D eigenvalue weighted by atomic mass is 19.1. The smallest absolute Gasteiger partial charge is 0.123 e. The molecule has 5 heteroatoms. The van der Waals surface area contributed by atoms with Crippen molar-refractivity contribution < 1.29 is 13.9 Å². The molecule has 1 saturated heterocycles. The molecule has 3 rings (SSSR count). The van der Waals surface area contributed by atoms with Gasteiger partial charge in [0.25, 0.3) is 0 Å². The van der Waals surface area contributed by atoms with Gasteiger partial charge in [-0.25, -0.2) is 4.39 Å². The fourth-order valence-electron chi connectivity index (χ4n) is 3.67. The van der Waals surface area contributed by atoms with E-state index in [0.29, 0.717) is 13.0 Å². The second-order valence-electron chi connectivity index (χ2n) is 7.26. The first-order valence-electron chi connectivity index (χ1n) is 9.85. The molecular weight excluding hydrogens is 355 g/mol. The van der Waals surface area contributed by atoms with Gasteiger partial charge in [-0.15, -0.1) is 0 Å². The summed E-state index contributed by atoms with van der Waals surface area (Å²) in [4.78, 5) is 0. The maximum Gasteiger partial charge on any atom is 0.123 e. The van der Waals surface area contributed by atoms with Gasteiger partial charge in [-0.2, -0.15) is 5.26 Å². The van der Waals surface area contributed by atoms with Crippen LogP contribution in [0.1, 0.15) is 36.8 Å². The van der Waals surface area contributed by atoms with Gasteiger partial charge in [0.05, 0.1) is 12.7 Å². The van der Waals surface area contributed by atoms with E-state index in [1.54, 1.807) is 12.1 Å². The summed E-state index contributed by atoms with van der Waals surface area (Å²) < 4.78 is 24.6. The van der Waals surface area contributed by atoms with Gasteiger partial charge < -0.3 is 14.8 Å². The van der Waals surface area contributed by atoms with Crippen LogP contribution in [0.4, 0.5) is 4.39 Å². The molecule has 0 aliphatic carbocycles. The van der Waals surface area contributed by atoms with E-state index < -0.39 is 0 Å². The van der Waals surface area contributed by atoms with Crippen LogP contribution in [0, 0.1) is 17.1 Å². The third-order valence-electron chi connectivity index (χ3n) is 5.30. The van der Waals surface area contributed by atoms with Gasteiger partial charge in [0.2, 0.25) is 0 Å². The molecule has 28 heavy (non-hydrogen) atoms. The number of halogens is 1. The molecule has 4 nitrogen and oxygen atoms in total. The van der Waals surface area contributed by atoms with E-state index in [-0.39, 0.29) is 11.2 Å². The Kier molecular flexibility index (Phi) is 7.41. The van der Waals surface area contributed by atoms with Crippen LogP contribution in [-0.4, -0.2) is 26.4 Å². The third kappa shape index (κ3) is 5.54. The lowest BCUT2D eigenvalue weighted by Crippen LogP contribution is -2.42. The molecule has 1 fully saturated rings. The Morgan fingerprint density at radius 3 is 2.68 bits per heavy atom. The van der Waals surface area contributed by atoms with Gasteiger partial charge in [-0.05, 0) is 54.7 Å². The van der Waals surface area contributed by atoms with Gasteiger partial charge >= 0.3 is 0 Å². The average molecular weight is 382 g/mol. The van der Waals surface area contributed by atoms with E-state index in [4.69, 9.17) is 14.7 Å². The first-order chi connectivity index (χ1) is 13.7. The number of unbranched alkanes of at least 4 members (excludes halogenated alkanes) is 1. The van der Waals surface area contributed by atoms with E-state index in [0.717, 1.165) is 56.9 Å². The molecule has 2 aromatic carbocycles. The van der Waals surface area contributed by atoms with Gasteiger partial charge in [0, 0.05) is 38.1 Å². The van der Waals surface area contributed by atoms with E-state index in [1.165, 1.54) is 5.56 Å². The summed E-state index contributed by atoms with van der Waals surface area (Å²) in [5.74, 6) is 0.627. The van der Waals surface area contributed by atoms with E-state index >= 15 is 0 Å². The van der Waals surface area contributed by atoms with Gasteiger partial charge in [0.1, 0.15) is 11.6 Å². The lowest BCUT2D eigenvalue weighted by atomic mass is 9.74. The van der Waals surface area contributed by atoms with Crippen molar-refractivity contribution in [3.8, 4) is 11.8 Å². The summed E-state index contributed by atoms with van der Waals surface area (Å²) in [5, 5.41) is 12.2. The first-order valence-corrected chi connectivity index (χ1v) is 9.85. The van der Waals surface area contributed by atoms with Crippen LogP contribution in [0.3, 0.4) is 0 Å². The Morgan fingerprint density at radius 2 is 1.93 bits per heavy atom. The highest BCUT2D eigenvalue weighted by Gasteiger charge is 2.34. The Bertz CT molecular complexity index is 780. The summed E-state index contributed by atoms with van der Waals surface area (Å²) in [6.45, 7) is 3.56. The van der Waals surface area contributed by atoms with Crippen molar-refractivity contribution >= 4 is 0 Å². The Morgan fingerprint density at radius 1 is 1.14 bits per heavy atom. The molecule has 0 atom stereocenters. The van der Waals surface area contributed by atoms with Crippen LogP contribution in [0.5, 0.6) is 5.75 Å². The molecule has 1 heterocycles.